The molecule has 0 unspecified atom stereocenters. The molecule has 0 spiro atoms. The number of anilines is 2. The Morgan fingerprint density at radius 3 is 2.64 bits per heavy atom. The van der Waals surface area contributed by atoms with E-state index in [1.807, 2.05) is 4.90 Å². The second-order valence-electron chi connectivity index (χ2n) is 9.24. The van der Waals surface area contributed by atoms with Gasteiger partial charge in [0.1, 0.15) is 27.9 Å². The van der Waals surface area contributed by atoms with Crippen LogP contribution in [-0.2, 0) is 11.3 Å². The number of hydrogen-bond donors (Lipinski definition) is 2. The number of carbonyl (C=O) groups is 1. The highest BCUT2D eigenvalue weighted by Gasteiger charge is 2.37. The average molecular weight is 555 g/mol. The van der Waals surface area contributed by atoms with Crippen molar-refractivity contribution in [3.05, 3.63) is 40.0 Å². The molecule has 3 aromatic heterocycles. The first-order valence-corrected chi connectivity index (χ1v) is 13.1. The van der Waals surface area contributed by atoms with Crippen LogP contribution < -0.4 is 10.2 Å². The molecule has 1 saturated carbocycles. The minimum atomic E-state index is -0.808. The topological polar surface area (TPSA) is 113 Å². The van der Waals surface area contributed by atoms with Gasteiger partial charge in [0.25, 0.3) is 0 Å². The predicted molar refractivity (Wildman–Crippen MR) is 138 cm³/mol. The van der Waals surface area contributed by atoms with Crippen LogP contribution in [0, 0.1) is 5.82 Å². The minimum absolute atomic E-state index is 0.0591. The fourth-order valence-electron chi connectivity index (χ4n) is 3.81. The standard InChI is InChI=1S/C23H25Cl2FN6O3S/c1-23(2,3)35-22(34)30-19-11(6-5-9-27-19)10-32(12-7-8-13(12)33)20-14-16(28-21(31-20)36-4)15(26)18(25)29-17(14)24/h5-6,9,12-13,33H,7-8,10H2,1-4H3,(H,27,30,34)/t12-,13+/m0/s1. The van der Waals surface area contributed by atoms with Gasteiger partial charge in [-0.1, -0.05) is 41.0 Å². The maximum atomic E-state index is 15.0. The van der Waals surface area contributed by atoms with Crippen molar-refractivity contribution in [2.75, 3.05) is 16.5 Å². The van der Waals surface area contributed by atoms with E-state index in [4.69, 9.17) is 27.9 Å². The first kappa shape index (κ1) is 26.6. The fourth-order valence-corrected chi connectivity index (χ4v) is 4.64. The molecular formula is C23H25Cl2FN6O3S. The molecule has 0 saturated heterocycles. The van der Waals surface area contributed by atoms with E-state index in [1.165, 1.54) is 11.8 Å². The lowest BCUT2D eigenvalue weighted by molar-refractivity contribution is 0.0625. The number of rotatable bonds is 6. The van der Waals surface area contributed by atoms with Crippen LogP contribution in [0.4, 0.5) is 20.8 Å². The number of amides is 1. The zero-order chi connectivity index (χ0) is 26.2. The Labute approximate surface area is 221 Å². The number of aliphatic hydroxyl groups excluding tert-OH is 1. The molecule has 0 aliphatic heterocycles. The number of halogens is 3. The summed E-state index contributed by atoms with van der Waals surface area (Å²) in [6, 6.07) is 3.17. The lowest BCUT2D eigenvalue weighted by Crippen LogP contribution is -2.51. The number of carbonyl (C=O) groups excluding carboxylic acids is 1. The number of pyridine rings is 2. The lowest BCUT2D eigenvalue weighted by atomic mass is 9.87. The average Bonchev–Trinajstić information content (AvgIpc) is 2.80. The van der Waals surface area contributed by atoms with Gasteiger partial charge in [0.2, 0.25) is 0 Å². The minimum Gasteiger partial charge on any atom is -0.444 e. The molecule has 0 bridgehead atoms. The normalized spacial score (nSPS) is 17.6. The van der Waals surface area contributed by atoms with Gasteiger partial charge in [0.15, 0.2) is 16.1 Å². The molecule has 192 valence electrons. The Bertz CT molecular complexity index is 1310. The summed E-state index contributed by atoms with van der Waals surface area (Å²) in [7, 11) is 0. The van der Waals surface area contributed by atoms with Gasteiger partial charge >= 0.3 is 6.09 Å². The van der Waals surface area contributed by atoms with Crippen LogP contribution in [-0.4, -0.2) is 55.1 Å². The molecule has 1 amide bonds. The maximum absolute atomic E-state index is 15.0. The van der Waals surface area contributed by atoms with Gasteiger partial charge in [-0.15, -0.1) is 0 Å². The van der Waals surface area contributed by atoms with Crippen molar-refractivity contribution in [2.24, 2.45) is 0 Å². The van der Waals surface area contributed by atoms with E-state index in [9.17, 15) is 14.3 Å². The van der Waals surface area contributed by atoms with E-state index >= 15 is 0 Å². The molecule has 9 nitrogen and oxygen atoms in total. The van der Waals surface area contributed by atoms with Crippen molar-refractivity contribution in [3.8, 4) is 0 Å². The molecule has 0 radical (unpaired) electrons. The molecule has 13 heteroatoms. The molecule has 3 aromatic rings. The summed E-state index contributed by atoms with van der Waals surface area (Å²) in [6.45, 7) is 5.45. The first-order valence-electron chi connectivity index (χ1n) is 11.1. The van der Waals surface area contributed by atoms with Crippen molar-refractivity contribution in [2.45, 2.75) is 63.1 Å². The van der Waals surface area contributed by atoms with Crippen LogP contribution in [0.25, 0.3) is 10.9 Å². The number of nitrogens with one attached hydrogen (secondary N) is 1. The summed E-state index contributed by atoms with van der Waals surface area (Å²) in [4.78, 5) is 31.4. The second-order valence-corrected chi connectivity index (χ2v) is 10.7. The van der Waals surface area contributed by atoms with Gasteiger partial charge in [-0.3, -0.25) is 5.32 Å². The second kappa shape index (κ2) is 10.5. The Kier molecular flexibility index (Phi) is 7.75. The van der Waals surface area contributed by atoms with Crippen molar-refractivity contribution in [3.63, 3.8) is 0 Å². The van der Waals surface area contributed by atoms with Crippen molar-refractivity contribution in [1.29, 1.82) is 0 Å². The number of fused-ring (bicyclic) bond motifs is 1. The third-order valence-corrected chi connectivity index (χ3v) is 6.64. The summed E-state index contributed by atoms with van der Waals surface area (Å²) >= 11 is 13.6. The summed E-state index contributed by atoms with van der Waals surface area (Å²) in [5.41, 5.74) is -0.130. The third kappa shape index (κ3) is 5.59. The van der Waals surface area contributed by atoms with Gasteiger partial charge in [-0.25, -0.2) is 29.1 Å². The van der Waals surface area contributed by atoms with Crippen LogP contribution in [0.2, 0.25) is 10.3 Å². The highest BCUT2D eigenvalue weighted by atomic mass is 35.5. The quantitative estimate of drug-likeness (QED) is 0.232. The number of aromatic nitrogens is 4. The molecule has 3 heterocycles. The van der Waals surface area contributed by atoms with E-state index < -0.39 is 28.8 Å². The molecule has 2 N–H and O–H groups in total. The largest absolute Gasteiger partial charge is 0.444 e. The summed E-state index contributed by atoms with van der Waals surface area (Å²) in [5.74, 6) is -0.224. The Morgan fingerprint density at radius 1 is 1.28 bits per heavy atom. The van der Waals surface area contributed by atoms with Gasteiger partial charge in [-0.05, 0) is 45.9 Å². The SMILES string of the molecule is CSc1nc(N(Cc2cccnc2NC(=O)OC(C)(C)C)[C@H]2CC[C@H]2O)c2c(Cl)nc(Cl)c(F)c2n1. The van der Waals surface area contributed by atoms with E-state index in [2.05, 4.69) is 25.3 Å². The maximum Gasteiger partial charge on any atom is 0.413 e. The summed E-state index contributed by atoms with van der Waals surface area (Å²) < 4.78 is 20.4. The fraction of sp³-hybridized carbons (Fsp3) is 0.435. The van der Waals surface area contributed by atoms with Crippen LogP contribution in [0.1, 0.15) is 39.2 Å². The van der Waals surface area contributed by atoms with Crippen molar-refractivity contribution in [1.82, 2.24) is 19.9 Å². The van der Waals surface area contributed by atoms with Crippen molar-refractivity contribution >= 4 is 63.6 Å². The molecule has 4 rings (SSSR count). The van der Waals surface area contributed by atoms with E-state index in [0.29, 0.717) is 29.4 Å². The molecule has 2 atom stereocenters. The predicted octanol–water partition coefficient (Wildman–Crippen LogP) is 5.46. The number of aliphatic hydroxyl groups is 1. The van der Waals surface area contributed by atoms with Crippen LogP contribution >= 0.6 is 35.0 Å². The Balaban J connectivity index is 1.81. The molecule has 1 aliphatic carbocycles. The molecular weight excluding hydrogens is 530 g/mol. The van der Waals surface area contributed by atoms with E-state index in [1.54, 1.807) is 45.4 Å². The zero-order valence-electron chi connectivity index (χ0n) is 20.0. The van der Waals surface area contributed by atoms with Crippen LogP contribution in [0.15, 0.2) is 23.5 Å². The highest BCUT2D eigenvalue weighted by Crippen LogP contribution is 2.39. The van der Waals surface area contributed by atoms with Crippen LogP contribution in [0.5, 0.6) is 0 Å². The number of thioether (sulfide) groups is 1. The number of hydrogen-bond acceptors (Lipinski definition) is 9. The van der Waals surface area contributed by atoms with Gasteiger partial charge in [0.05, 0.1) is 17.5 Å². The molecule has 1 fully saturated rings. The smallest absolute Gasteiger partial charge is 0.413 e. The third-order valence-electron chi connectivity index (χ3n) is 5.57. The van der Waals surface area contributed by atoms with E-state index in [-0.39, 0.29) is 34.5 Å². The molecule has 1 aliphatic rings. The monoisotopic (exact) mass is 554 g/mol. The van der Waals surface area contributed by atoms with Crippen LogP contribution in [0.3, 0.4) is 0 Å². The first-order chi connectivity index (χ1) is 17.0. The number of ether oxygens (including phenoxy) is 1. The zero-order valence-corrected chi connectivity index (χ0v) is 22.4. The van der Waals surface area contributed by atoms with Gasteiger partial charge < -0.3 is 14.7 Å². The Hall–Kier alpha value is -2.47. The molecule has 0 aromatic carbocycles. The lowest BCUT2D eigenvalue weighted by Gasteiger charge is -2.43. The highest BCUT2D eigenvalue weighted by molar-refractivity contribution is 7.98. The summed E-state index contributed by atoms with van der Waals surface area (Å²) in [6.07, 6.45) is 3.27. The summed E-state index contributed by atoms with van der Waals surface area (Å²) in [5, 5.41) is 13.3. The van der Waals surface area contributed by atoms with Crippen molar-refractivity contribution < 1.29 is 19.0 Å². The Morgan fingerprint density at radius 2 is 2.03 bits per heavy atom. The number of nitrogens with zero attached hydrogens (tertiary/aromatic N) is 5. The van der Waals surface area contributed by atoms with Gasteiger partial charge in [0, 0.05) is 18.3 Å². The van der Waals surface area contributed by atoms with E-state index in [0.717, 1.165) is 0 Å². The molecule has 36 heavy (non-hydrogen) atoms. The van der Waals surface area contributed by atoms with Gasteiger partial charge in [-0.2, -0.15) is 0 Å².